The number of amides is 1. The average Bonchev–Trinajstić information content (AvgIpc) is 2.96. The zero-order valence-electron chi connectivity index (χ0n) is 22.5. The molecule has 0 radical (unpaired) electrons. The summed E-state index contributed by atoms with van der Waals surface area (Å²) in [5.74, 6) is 0.315. The van der Waals surface area contributed by atoms with Gasteiger partial charge in [0, 0.05) is 37.8 Å². The summed E-state index contributed by atoms with van der Waals surface area (Å²) in [5, 5.41) is 41.0. The van der Waals surface area contributed by atoms with Gasteiger partial charge in [-0.3, -0.25) is 9.59 Å². The van der Waals surface area contributed by atoms with E-state index >= 15 is 0 Å². The number of hydrogen-bond donors (Lipinski definition) is 4. The Kier molecular flexibility index (Phi) is 8.22. The van der Waals surface area contributed by atoms with Crippen LogP contribution >= 0.6 is 0 Å². The number of aryl methyl sites for hydroxylation is 1. The predicted molar refractivity (Wildman–Crippen MR) is 147 cm³/mol. The van der Waals surface area contributed by atoms with Crippen molar-refractivity contribution < 1.29 is 34.7 Å². The maximum Gasteiger partial charge on any atom is 0.258 e. The fourth-order valence-corrected chi connectivity index (χ4v) is 5.14. The van der Waals surface area contributed by atoms with Gasteiger partial charge in [0.05, 0.1) is 6.61 Å². The van der Waals surface area contributed by atoms with Crippen molar-refractivity contribution in [2.75, 3.05) is 39.8 Å². The molecule has 0 spiro atoms. The van der Waals surface area contributed by atoms with Crippen LogP contribution in [0.1, 0.15) is 5.56 Å². The Morgan fingerprint density at radius 1 is 0.975 bits per heavy atom. The van der Waals surface area contributed by atoms with E-state index in [1.807, 2.05) is 31.3 Å². The highest BCUT2D eigenvalue weighted by molar-refractivity contribution is 5.87. The molecule has 2 saturated heterocycles. The van der Waals surface area contributed by atoms with E-state index in [9.17, 15) is 30.0 Å². The smallest absolute Gasteiger partial charge is 0.258 e. The van der Waals surface area contributed by atoms with E-state index in [0.29, 0.717) is 29.8 Å². The Morgan fingerprint density at radius 2 is 1.68 bits per heavy atom. The van der Waals surface area contributed by atoms with Gasteiger partial charge in [-0.1, -0.05) is 18.2 Å². The SMILES string of the molecule is Cc1cc(-c2ccc3ccn(CC(=O)N4CCN(C)CC4)c(=O)c3c2)ccc1O[C@H]1O[C@@H](CO)[C@@H](O)[C@H](O)[C@H]1O. The quantitative estimate of drug-likeness (QED) is 0.330. The molecule has 40 heavy (non-hydrogen) atoms. The molecular formula is C29H35N3O8. The topological polar surface area (TPSA) is 145 Å². The van der Waals surface area contributed by atoms with Crippen molar-refractivity contribution in [1.82, 2.24) is 14.4 Å². The summed E-state index contributed by atoms with van der Waals surface area (Å²) in [7, 11) is 2.02. The highest BCUT2D eigenvalue weighted by atomic mass is 16.7. The Bertz CT molecular complexity index is 1430. The van der Waals surface area contributed by atoms with Crippen molar-refractivity contribution in [3.8, 4) is 16.9 Å². The largest absolute Gasteiger partial charge is 0.462 e. The van der Waals surface area contributed by atoms with Gasteiger partial charge in [-0.05, 0) is 60.3 Å². The maximum absolute atomic E-state index is 13.3. The third-order valence-corrected chi connectivity index (χ3v) is 7.74. The van der Waals surface area contributed by atoms with Gasteiger partial charge in [0.1, 0.15) is 36.7 Å². The van der Waals surface area contributed by atoms with Gasteiger partial charge >= 0.3 is 0 Å². The normalized spacial score (nSPS) is 25.8. The van der Waals surface area contributed by atoms with Gasteiger partial charge in [0.2, 0.25) is 12.2 Å². The number of benzene rings is 2. The van der Waals surface area contributed by atoms with Crippen LogP contribution in [0.4, 0.5) is 0 Å². The summed E-state index contributed by atoms with van der Waals surface area (Å²) in [6.07, 6.45) is -5.20. The standard InChI is InChI=1S/C29H35N3O8/c1-17-13-19(5-6-22(17)39-29-27(37)26(36)25(35)23(16-33)40-29)20-4-3-18-7-8-32(28(38)21(18)14-20)15-24(34)31-11-9-30(2)10-12-31/h3-8,13-14,23,25-27,29,33,35-37H,9-12,15-16H2,1-2H3/t23-,25+,26-,27+,29-/m0/s1. The number of aliphatic hydroxyl groups excluding tert-OH is 4. The molecule has 5 rings (SSSR count). The molecule has 2 aromatic carbocycles. The molecule has 0 unspecified atom stereocenters. The molecular weight excluding hydrogens is 518 g/mol. The van der Waals surface area contributed by atoms with Gasteiger partial charge < -0.3 is 44.3 Å². The Balaban J connectivity index is 1.35. The van der Waals surface area contributed by atoms with Crippen molar-refractivity contribution in [3.63, 3.8) is 0 Å². The monoisotopic (exact) mass is 553 g/mol. The second kappa shape index (κ2) is 11.7. The van der Waals surface area contributed by atoms with Crippen molar-refractivity contribution in [3.05, 3.63) is 64.6 Å². The highest BCUT2D eigenvalue weighted by Crippen LogP contribution is 2.30. The summed E-state index contributed by atoms with van der Waals surface area (Å²) in [6, 6.07) is 12.8. The van der Waals surface area contributed by atoms with Crippen LogP contribution in [0.5, 0.6) is 5.75 Å². The zero-order valence-corrected chi connectivity index (χ0v) is 22.5. The van der Waals surface area contributed by atoms with Crippen LogP contribution in [0.15, 0.2) is 53.5 Å². The summed E-state index contributed by atoms with van der Waals surface area (Å²) >= 11 is 0. The third-order valence-electron chi connectivity index (χ3n) is 7.74. The Labute approximate surface area is 231 Å². The fourth-order valence-electron chi connectivity index (χ4n) is 5.14. The lowest BCUT2D eigenvalue weighted by molar-refractivity contribution is -0.277. The van der Waals surface area contributed by atoms with Crippen molar-refractivity contribution in [1.29, 1.82) is 0 Å². The second-order valence-corrected chi connectivity index (χ2v) is 10.5. The predicted octanol–water partition coefficient (Wildman–Crippen LogP) is -0.0704. The van der Waals surface area contributed by atoms with Crippen LogP contribution in [0.3, 0.4) is 0 Å². The number of pyridine rings is 1. The molecule has 2 aliphatic rings. The number of nitrogens with zero attached hydrogens (tertiary/aromatic N) is 3. The first-order valence-electron chi connectivity index (χ1n) is 13.3. The van der Waals surface area contributed by atoms with Gasteiger partial charge in [-0.15, -0.1) is 0 Å². The number of aromatic nitrogens is 1. The molecule has 2 fully saturated rings. The molecule has 1 amide bonds. The highest BCUT2D eigenvalue weighted by Gasteiger charge is 2.44. The van der Waals surface area contributed by atoms with Gasteiger partial charge in [0.25, 0.3) is 5.56 Å². The summed E-state index contributed by atoms with van der Waals surface area (Å²) in [5.41, 5.74) is 2.10. The number of rotatable bonds is 6. The fraction of sp³-hybridized carbons (Fsp3) is 0.448. The van der Waals surface area contributed by atoms with E-state index in [2.05, 4.69) is 4.90 Å². The zero-order chi connectivity index (χ0) is 28.6. The number of carbonyl (C=O) groups is 1. The summed E-state index contributed by atoms with van der Waals surface area (Å²) in [4.78, 5) is 30.1. The van der Waals surface area contributed by atoms with Gasteiger partial charge in [0.15, 0.2) is 0 Å². The van der Waals surface area contributed by atoms with Crippen molar-refractivity contribution >= 4 is 16.7 Å². The third kappa shape index (κ3) is 5.62. The van der Waals surface area contributed by atoms with Crippen LogP contribution in [-0.2, 0) is 16.1 Å². The number of aliphatic hydroxyl groups is 4. The Hall–Kier alpha value is -3.32. The first-order valence-corrected chi connectivity index (χ1v) is 13.3. The first-order chi connectivity index (χ1) is 19.2. The van der Waals surface area contributed by atoms with Crippen molar-refractivity contribution in [2.24, 2.45) is 0 Å². The minimum atomic E-state index is -1.53. The van der Waals surface area contributed by atoms with E-state index in [0.717, 1.165) is 29.6 Å². The lowest BCUT2D eigenvalue weighted by Crippen LogP contribution is -2.60. The first kappa shape index (κ1) is 28.2. The minimum Gasteiger partial charge on any atom is -0.462 e. The number of carbonyl (C=O) groups excluding carboxylic acids is 1. The van der Waals surface area contributed by atoms with E-state index in [1.165, 1.54) is 4.57 Å². The van der Waals surface area contributed by atoms with E-state index in [-0.39, 0.29) is 18.0 Å². The molecule has 3 heterocycles. The van der Waals surface area contributed by atoms with Crippen LogP contribution in [0, 0.1) is 6.92 Å². The number of ether oxygens (including phenoxy) is 2. The van der Waals surface area contributed by atoms with E-state index < -0.39 is 37.3 Å². The van der Waals surface area contributed by atoms with Crippen molar-refractivity contribution in [2.45, 2.75) is 44.2 Å². The van der Waals surface area contributed by atoms with Crippen LogP contribution < -0.4 is 10.3 Å². The minimum absolute atomic E-state index is 0.00812. The number of fused-ring (bicyclic) bond motifs is 1. The van der Waals surface area contributed by atoms with Gasteiger partial charge in [-0.25, -0.2) is 0 Å². The molecule has 11 heteroatoms. The lowest BCUT2D eigenvalue weighted by Gasteiger charge is -2.39. The summed E-state index contributed by atoms with van der Waals surface area (Å²) < 4.78 is 12.7. The molecule has 1 aromatic heterocycles. The molecule has 0 aliphatic carbocycles. The Morgan fingerprint density at radius 3 is 2.38 bits per heavy atom. The molecule has 214 valence electrons. The maximum atomic E-state index is 13.3. The van der Waals surface area contributed by atoms with Crippen LogP contribution in [0.25, 0.3) is 21.9 Å². The number of likely N-dealkylation sites (N-methyl/N-ethyl adjacent to an activating group) is 1. The molecule has 5 atom stereocenters. The molecule has 4 N–H and O–H groups in total. The lowest BCUT2D eigenvalue weighted by atomic mass is 9.99. The average molecular weight is 554 g/mol. The molecule has 2 aliphatic heterocycles. The van der Waals surface area contributed by atoms with Gasteiger partial charge in [-0.2, -0.15) is 0 Å². The van der Waals surface area contributed by atoms with E-state index in [4.69, 9.17) is 9.47 Å². The molecule has 0 saturated carbocycles. The number of hydrogen-bond acceptors (Lipinski definition) is 9. The molecule has 3 aromatic rings. The van der Waals surface area contributed by atoms with Crippen LogP contribution in [-0.4, -0.2) is 111 Å². The number of piperazine rings is 1. The molecule has 0 bridgehead atoms. The second-order valence-electron chi connectivity index (χ2n) is 10.5. The van der Waals surface area contributed by atoms with E-state index in [1.54, 1.807) is 36.2 Å². The summed E-state index contributed by atoms with van der Waals surface area (Å²) in [6.45, 7) is 4.18. The molecule has 11 nitrogen and oxygen atoms in total. The van der Waals surface area contributed by atoms with Crippen LogP contribution in [0.2, 0.25) is 0 Å².